The van der Waals surface area contributed by atoms with E-state index in [-0.39, 0.29) is 59.4 Å². The van der Waals surface area contributed by atoms with Crippen molar-refractivity contribution in [1.82, 2.24) is 20.2 Å². The summed E-state index contributed by atoms with van der Waals surface area (Å²) in [4.78, 5) is 36.6. The highest BCUT2D eigenvalue weighted by Gasteiger charge is 2.29. The molecule has 1 aliphatic heterocycles. The van der Waals surface area contributed by atoms with Gasteiger partial charge < -0.3 is 19.7 Å². The Hall–Kier alpha value is -4.19. The number of sulfonamides is 1. The Morgan fingerprint density at radius 1 is 1.09 bits per heavy atom. The van der Waals surface area contributed by atoms with Crippen molar-refractivity contribution in [3.8, 4) is 17.1 Å². The van der Waals surface area contributed by atoms with Gasteiger partial charge in [0, 0.05) is 30.3 Å². The number of anilines is 1. The molecule has 3 aromatic rings. The number of rotatable bonds is 8. The van der Waals surface area contributed by atoms with Gasteiger partial charge in [-0.15, -0.1) is 0 Å². The third-order valence-corrected chi connectivity index (χ3v) is 8.44. The molecule has 12 heteroatoms. The highest BCUT2D eigenvalue weighted by Crippen LogP contribution is 2.30. The maximum Gasteiger partial charge on any atom is 0.407 e. The van der Waals surface area contributed by atoms with Crippen LogP contribution in [0.15, 0.2) is 53.4 Å². The van der Waals surface area contributed by atoms with Crippen molar-refractivity contribution in [3.63, 3.8) is 0 Å². The van der Waals surface area contributed by atoms with Crippen LogP contribution < -0.4 is 14.8 Å². The zero-order valence-corrected chi connectivity index (χ0v) is 26.9. The molecule has 0 saturated carbocycles. The third-order valence-electron chi connectivity index (χ3n) is 7.11. The number of aromatic nitrogens is 2. The molecule has 11 nitrogen and oxygen atoms in total. The molecule has 2 aromatic carbocycles. The Morgan fingerprint density at radius 2 is 1.80 bits per heavy atom. The second-order valence-electron chi connectivity index (χ2n) is 11.6. The van der Waals surface area contributed by atoms with Crippen LogP contribution in [0.1, 0.15) is 62.0 Å². The number of nitrogens with zero attached hydrogens (tertiary/aromatic N) is 3. The van der Waals surface area contributed by atoms with Crippen molar-refractivity contribution < 1.29 is 27.5 Å². The zero-order valence-electron chi connectivity index (χ0n) is 26.1. The molecule has 44 heavy (non-hydrogen) atoms. The van der Waals surface area contributed by atoms with Gasteiger partial charge >= 0.3 is 6.09 Å². The van der Waals surface area contributed by atoms with Gasteiger partial charge in [-0.2, -0.15) is 4.98 Å². The molecular weight excluding hydrogens is 582 g/mol. The van der Waals surface area contributed by atoms with Crippen LogP contribution in [0.4, 0.5) is 10.7 Å². The first-order chi connectivity index (χ1) is 20.8. The largest absolute Gasteiger partial charge is 0.475 e. The van der Waals surface area contributed by atoms with Crippen LogP contribution in [0, 0.1) is 19.8 Å². The van der Waals surface area contributed by atoms with Crippen molar-refractivity contribution >= 4 is 28.0 Å². The molecule has 0 saturated heterocycles. The van der Waals surface area contributed by atoms with Crippen LogP contribution in [0.25, 0.3) is 11.3 Å². The SMILES string of the molecule is Cc1cccc(C)c1-c1cc2nc(n1)NS(=O)(=O)c1cccc(c1)C(=O)N(CCCNC(=O)OC(C)C)[C@H](CC(C)C)CO2. The summed E-state index contributed by atoms with van der Waals surface area (Å²) >= 11 is 0. The number of carbonyl (C=O) groups is 2. The standard InChI is InChI=1S/C32H41N5O6S/c1-20(2)16-25-19-42-28-18-27(29-22(5)10-7-11-23(29)6)34-31(35-28)36-44(40,41)26-13-8-12-24(17-26)30(38)37(25)15-9-14-33-32(39)43-21(3)4/h7-8,10-13,17-18,20-21,25H,9,14-16,19H2,1-6H3,(H,33,39)(H,34,35,36)/t25-/m1/s1. The van der Waals surface area contributed by atoms with Crippen molar-refractivity contribution in [2.75, 3.05) is 24.4 Å². The van der Waals surface area contributed by atoms with Crippen LogP contribution in [-0.2, 0) is 14.8 Å². The van der Waals surface area contributed by atoms with Crippen LogP contribution >= 0.6 is 0 Å². The smallest absolute Gasteiger partial charge is 0.407 e. The van der Waals surface area contributed by atoms with Gasteiger partial charge in [0.25, 0.3) is 15.9 Å². The maximum atomic E-state index is 14.0. The van der Waals surface area contributed by atoms with Gasteiger partial charge in [-0.05, 0) is 75.8 Å². The number of hydrogen-bond donors (Lipinski definition) is 2. The Balaban J connectivity index is 1.76. The summed E-state index contributed by atoms with van der Waals surface area (Å²) in [6.45, 7) is 12.3. The van der Waals surface area contributed by atoms with E-state index >= 15 is 0 Å². The monoisotopic (exact) mass is 623 g/mol. The van der Waals surface area contributed by atoms with E-state index in [0.717, 1.165) is 16.7 Å². The molecule has 2 heterocycles. The summed E-state index contributed by atoms with van der Waals surface area (Å²) in [6.07, 6.45) is 0.287. The molecule has 0 unspecified atom stereocenters. The molecule has 0 aliphatic carbocycles. The summed E-state index contributed by atoms with van der Waals surface area (Å²) in [5, 5.41) is 2.72. The third kappa shape index (κ3) is 8.25. The molecule has 1 atom stereocenters. The summed E-state index contributed by atoms with van der Waals surface area (Å²) < 4.78 is 40.9. The van der Waals surface area contributed by atoms with Crippen molar-refractivity contribution in [1.29, 1.82) is 0 Å². The first-order valence-electron chi connectivity index (χ1n) is 14.8. The van der Waals surface area contributed by atoms with Gasteiger partial charge in [-0.3, -0.25) is 4.79 Å². The van der Waals surface area contributed by atoms with Crippen LogP contribution in [0.3, 0.4) is 0 Å². The minimum atomic E-state index is -4.15. The summed E-state index contributed by atoms with van der Waals surface area (Å²) in [6, 6.07) is 13.1. The van der Waals surface area contributed by atoms with Crippen LogP contribution in [-0.4, -0.2) is 67.1 Å². The average molecular weight is 624 g/mol. The minimum absolute atomic E-state index is 0.0930. The molecule has 4 bridgehead atoms. The van der Waals surface area contributed by atoms with E-state index in [2.05, 4.69) is 33.9 Å². The van der Waals surface area contributed by atoms with Gasteiger partial charge in [-0.1, -0.05) is 38.1 Å². The predicted octanol–water partition coefficient (Wildman–Crippen LogP) is 5.34. The maximum absolute atomic E-state index is 14.0. The summed E-state index contributed by atoms with van der Waals surface area (Å²) in [5.41, 5.74) is 3.52. The van der Waals surface area contributed by atoms with Gasteiger partial charge in [0.05, 0.1) is 22.7 Å². The van der Waals surface area contributed by atoms with E-state index in [4.69, 9.17) is 9.47 Å². The normalized spacial score (nSPS) is 16.3. The lowest BCUT2D eigenvalue weighted by atomic mass is 10.00. The van der Waals surface area contributed by atoms with Crippen LogP contribution in [0.2, 0.25) is 0 Å². The lowest BCUT2D eigenvalue weighted by Gasteiger charge is -2.33. The van der Waals surface area contributed by atoms with E-state index in [1.807, 2.05) is 32.0 Å². The van der Waals surface area contributed by atoms with Crippen molar-refractivity contribution in [2.45, 2.75) is 71.4 Å². The Labute approximate surface area is 259 Å². The molecule has 236 valence electrons. The fraction of sp³-hybridized carbons (Fsp3) is 0.438. The summed E-state index contributed by atoms with van der Waals surface area (Å²) in [7, 11) is -4.15. The van der Waals surface area contributed by atoms with E-state index in [9.17, 15) is 18.0 Å². The highest BCUT2D eigenvalue weighted by atomic mass is 32.2. The lowest BCUT2D eigenvalue weighted by molar-refractivity contribution is 0.0572. The molecule has 2 N–H and O–H groups in total. The number of amides is 2. The van der Waals surface area contributed by atoms with Crippen molar-refractivity contribution in [3.05, 3.63) is 65.2 Å². The lowest BCUT2D eigenvalue weighted by Crippen LogP contribution is -2.45. The molecule has 1 aliphatic rings. The number of fused-ring (bicyclic) bond motifs is 4. The Kier molecular flexibility index (Phi) is 10.5. The second-order valence-corrected chi connectivity index (χ2v) is 13.3. The van der Waals surface area contributed by atoms with Gasteiger partial charge in [0.1, 0.15) is 6.61 Å². The van der Waals surface area contributed by atoms with E-state index in [1.54, 1.807) is 30.9 Å². The van der Waals surface area contributed by atoms with E-state index < -0.39 is 16.1 Å². The molecule has 4 rings (SSSR count). The second kappa shape index (κ2) is 14.1. The molecule has 0 fully saturated rings. The number of carbonyl (C=O) groups excluding carboxylic acids is 2. The fourth-order valence-corrected chi connectivity index (χ4v) is 6.18. The molecule has 1 aromatic heterocycles. The minimum Gasteiger partial charge on any atom is -0.475 e. The molecule has 2 amide bonds. The van der Waals surface area contributed by atoms with Gasteiger partial charge in [0.15, 0.2) is 0 Å². The topological polar surface area (TPSA) is 140 Å². The Morgan fingerprint density at radius 3 is 2.48 bits per heavy atom. The highest BCUT2D eigenvalue weighted by molar-refractivity contribution is 7.92. The summed E-state index contributed by atoms with van der Waals surface area (Å²) in [5.74, 6) is -0.0733. The molecule has 0 radical (unpaired) electrons. The predicted molar refractivity (Wildman–Crippen MR) is 168 cm³/mol. The number of alkyl carbamates (subject to hydrolysis) is 1. The fourth-order valence-electron chi connectivity index (χ4n) is 5.19. The van der Waals surface area contributed by atoms with Gasteiger partial charge in [-0.25, -0.2) is 22.9 Å². The van der Waals surface area contributed by atoms with Gasteiger partial charge in [0.2, 0.25) is 11.8 Å². The van der Waals surface area contributed by atoms with Crippen molar-refractivity contribution in [2.24, 2.45) is 5.92 Å². The number of ether oxygens (including phenoxy) is 2. The van der Waals surface area contributed by atoms with Crippen LogP contribution in [0.5, 0.6) is 5.88 Å². The quantitative estimate of drug-likeness (QED) is 0.321. The number of nitrogens with one attached hydrogen (secondary N) is 2. The number of aryl methyl sites for hydroxylation is 2. The Bertz CT molecular complexity index is 1590. The first-order valence-corrected chi connectivity index (χ1v) is 16.3. The van der Waals surface area contributed by atoms with E-state index in [1.165, 1.54) is 18.2 Å². The van der Waals surface area contributed by atoms with E-state index in [0.29, 0.717) is 25.1 Å². The molecule has 0 spiro atoms. The average Bonchev–Trinajstić information content (AvgIpc) is 2.94. The number of hydrogen-bond acceptors (Lipinski definition) is 8. The first kappa shape index (κ1) is 32.7. The zero-order chi connectivity index (χ0) is 32.0. The molecular formula is C32H41N5O6S. The number of benzene rings is 2.